The molecule has 0 aliphatic rings. The van der Waals surface area contributed by atoms with E-state index in [0.717, 1.165) is 6.08 Å². The summed E-state index contributed by atoms with van der Waals surface area (Å²) in [6.45, 7) is 5.21. The summed E-state index contributed by atoms with van der Waals surface area (Å²) in [5.41, 5.74) is 0.00563. The summed E-state index contributed by atoms with van der Waals surface area (Å²) in [7, 11) is 0. The minimum absolute atomic E-state index is 0.235. The van der Waals surface area contributed by atoms with Crippen molar-refractivity contribution < 1.29 is 24.9 Å². The maximum absolute atomic E-state index is 10.6. The van der Waals surface area contributed by atoms with Crippen molar-refractivity contribution >= 4 is 12.0 Å². The molecular weight excluding hydrogens is 272 g/mol. The van der Waals surface area contributed by atoms with Crippen molar-refractivity contribution in [2.45, 2.75) is 0 Å². The molecule has 0 spiro atoms. The van der Waals surface area contributed by atoms with Gasteiger partial charge in [0, 0.05) is 6.08 Å². The molecule has 0 atom stereocenters. The first kappa shape index (κ1) is 19.1. The third kappa shape index (κ3) is 7.41. The van der Waals surface area contributed by atoms with Gasteiger partial charge in [-0.2, -0.15) is 0 Å². The van der Waals surface area contributed by atoms with Crippen molar-refractivity contribution in [2.24, 2.45) is 5.41 Å². The predicted octanol–water partition coefficient (Wildman–Crippen LogP) is 1.01. The smallest absolute Gasteiger partial charge is 0.330 e. The summed E-state index contributed by atoms with van der Waals surface area (Å²) in [4.78, 5) is 10.6. The van der Waals surface area contributed by atoms with E-state index in [1.165, 1.54) is 5.56 Å². The predicted molar refractivity (Wildman–Crippen MR) is 81.4 cm³/mol. The van der Waals surface area contributed by atoms with E-state index in [0.29, 0.717) is 0 Å². The Morgan fingerprint density at radius 1 is 1.10 bits per heavy atom. The van der Waals surface area contributed by atoms with Gasteiger partial charge in [0.15, 0.2) is 0 Å². The van der Waals surface area contributed by atoms with Crippen molar-refractivity contribution in [3.63, 3.8) is 0 Å². The Labute approximate surface area is 124 Å². The number of rotatable bonds is 7. The zero-order valence-corrected chi connectivity index (χ0v) is 11.9. The SMILES string of the molecule is C=CC(=O)OCC(CO)(CO)CO.C=Cc1ccccc1. The van der Waals surface area contributed by atoms with Crippen LogP contribution in [0.4, 0.5) is 0 Å². The molecule has 0 aliphatic heterocycles. The number of aliphatic hydroxyl groups excluding tert-OH is 3. The van der Waals surface area contributed by atoms with Crippen molar-refractivity contribution in [3.05, 3.63) is 55.1 Å². The molecule has 0 bridgehead atoms. The van der Waals surface area contributed by atoms with Crippen LogP contribution >= 0.6 is 0 Å². The molecule has 3 N–H and O–H groups in total. The monoisotopic (exact) mass is 294 g/mol. The maximum Gasteiger partial charge on any atom is 0.330 e. The van der Waals surface area contributed by atoms with Crippen LogP contribution in [0.5, 0.6) is 0 Å². The second-order valence-electron chi connectivity index (χ2n) is 4.40. The number of aliphatic hydroxyl groups is 3. The maximum atomic E-state index is 10.6. The summed E-state index contributed by atoms with van der Waals surface area (Å²) in [6.07, 6.45) is 2.80. The number of benzene rings is 1. The summed E-state index contributed by atoms with van der Waals surface area (Å²) in [5.74, 6) is -0.653. The molecule has 1 aromatic carbocycles. The third-order valence-electron chi connectivity index (χ3n) is 2.73. The molecule has 1 aromatic rings. The topological polar surface area (TPSA) is 87.0 Å². The second-order valence-corrected chi connectivity index (χ2v) is 4.40. The fourth-order valence-electron chi connectivity index (χ4n) is 1.16. The standard InChI is InChI=1S/C8H14O5.C8H8/c1-2-7(12)13-6-8(3-9,4-10)5-11;1-2-8-6-4-3-5-7-8/h2,9-11H,1,3-6H2;2-7H,1H2. The fourth-order valence-corrected chi connectivity index (χ4v) is 1.16. The first-order valence-electron chi connectivity index (χ1n) is 6.36. The molecule has 0 saturated heterocycles. The minimum atomic E-state index is -1.17. The van der Waals surface area contributed by atoms with Crippen LogP contribution < -0.4 is 0 Å². The molecule has 0 fully saturated rings. The van der Waals surface area contributed by atoms with Crippen LogP contribution in [0.1, 0.15) is 5.56 Å². The van der Waals surface area contributed by atoms with E-state index in [-0.39, 0.29) is 6.61 Å². The van der Waals surface area contributed by atoms with Gasteiger partial charge in [-0.1, -0.05) is 49.6 Å². The highest BCUT2D eigenvalue weighted by Gasteiger charge is 2.29. The van der Waals surface area contributed by atoms with Gasteiger partial charge in [-0.05, 0) is 5.56 Å². The van der Waals surface area contributed by atoms with Gasteiger partial charge in [-0.3, -0.25) is 0 Å². The van der Waals surface area contributed by atoms with Crippen molar-refractivity contribution in [1.29, 1.82) is 0 Å². The Morgan fingerprint density at radius 3 is 1.95 bits per heavy atom. The van der Waals surface area contributed by atoms with Crippen LogP contribution in [0.25, 0.3) is 6.08 Å². The molecule has 0 amide bonds. The fraction of sp³-hybridized carbons (Fsp3) is 0.312. The van der Waals surface area contributed by atoms with E-state index < -0.39 is 31.2 Å². The highest BCUT2D eigenvalue weighted by Crippen LogP contribution is 2.14. The lowest BCUT2D eigenvalue weighted by atomic mass is 9.93. The van der Waals surface area contributed by atoms with Crippen LogP contribution in [0.15, 0.2) is 49.6 Å². The van der Waals surface area contributed by atoms with E-state index in [1.807, 2.05) is 36.4 Å². The van der Waals surface area contributed by atoms with Crippen molar-refractivity contribution in [2.75, 3.05) is 26.4 Å². The molecule has 116 valence electrons. The molecule has 0 radical (unpaired) electrons. The molecule has 0 heterocycles. The number of esters is 1. The lowest BCUT2D eigenvalue weighted by Crippen LogP contribution is -2.39. The molecular formula is C16H22O5. The number of hydrogen-bond donors (Lipinski definition) is 3. The molecule has 21 heavy (non-hydrogen) atoms. The lowest BCUT2D eigenvalue weighted by molar-refractivity contribution is -0.145. The average Bonchev–Trinajstić information content (AvgIpc) is 2.57. The minimum Gasteiger partial charge on any atom is -0.462 e. The summed E-state index contributed by atoms with van der Waals surface area (Å²) in [6, 6.07) is 10.0. The Balaban J connectivity index is 0.000000423. The zero-order chi connectivity index (χ0) is 16.1. The number of carbonyl (C=O) groups is 1. The number of carbonyl (C=O) groups excluding carboxylic acids is 1. The van der Waals surface area contributed by atoms with Gasteiger partial charge in [0.1, 0.15) is 6.61 Å². The van der Waals surface area contributed by atoms with Crippen LogP contribution in [0, 0.1) is 5.41 Å². The summed E-state index contributed by atoms with van der Waals surface area (Å²) < 4.78 is 4.59. The third-order valence-corrected chi connectivity index (χ3v) is 2.73. The van der Waals surface area contributed by atoms with Crippen LogP contribution in [0.3, 0.4) is 0 Å². The van der Waals surface area contributed by atoms with E-state index in [4.69, 9.17) is 15.3 Å². The Hall–Kier alpha value is -1.95. The van der Waals surface area contributed by atoms with Crippen molar-refractivity contribution in [3.8, 4) is 0 Å². The van der Waals surface area contributed by atoms with Crippen LogP contribution in [0.2, 0.25) is 0 Å². The van der Waals surface area contributed by atoms with Gasteiger partial charge < -0.3 is 20.1 Å². The van der Waals surface area contributed by atoms with Crippen molar-refractivity contribution in [1.82, 2.24) is 0 Å². The van der Waals surface area contributed by atoms with E-state index >= 15 is 0 Å². The van der Waals surface area contributed by atoms with E-state index in [1.54, 1.807) is 0 Å². The lowest BCUT2D eigenvalue weighted by Gasteiger charge is -2.26. The number of ether oxygens (including phenoxy) is 1. The molecule has 0 aromatic heterocycles. The van der Waals surface area contributed by atoms with Gasteiger partial charge in [0.2, 0.25) is 0 Å². The first-order chi connectivity index (χ1) is 10.1. The van der Waals surface area contributed by atoms with Gasteiger partial charge in [-0.25, -0.2) is 4.79 Å². The second kappa shape index (κ2) is 10.8. The van der Waals surface area contributed by atoms with Crippen LogP contribution in [-0.2, 0) is 9.53 Å². The Morgan fingerprint density at radius 2 is 1.62 bits per heavy atom. The van der Waals surface area contributed by atoms with Gasteiger partial charge in [-0.15, -0.1) is 0 Å². The van der Waals surface area contributed by atoms with Crippen LogP contribution in [-0.4, -0.2) is 47.7 Å². The quantitative estimate of drug-likeness (QED) is 0.516. The van der Waals surface area contributed by atoms with Gasteiger partial charge >= 0.3 is 5.97 Å². The number of hydrogen-bond acceptors (Lipinski definition) is 5. The normalized spacial score (nSPS) is 10.0. The highest BCUT2D eigenvalue weighted by molar-refractivity contribution is 5.81. The summed E-state index contributed by atoms with van der Waals surface area (Å²) >= 11 is 0. The highest BCUT2D eigenvalue weighted by atomic mass is 16.5. The molecule has 0 unspecified atom stereocenters. The van der Waals surface area contributed by atoms with E-state index in [2.05, 4.69) is 17.9 Å². The molecule has 1 rings (SSSR count). The first-order valence-corrected chi connectivity index (χ1v) is 6.36. The molecule has 0 aliphatic carbocycles. The average molecular weight is 294 g/mol. The Kier molecular flexibility index (Phi) is 9.79. The summed E-state index contributed by atoms with van der Waals surface area (Å²) in [5, 5.41) is 26.5. The molecule has 5 nitrogen and oxygen atoms in total. The largest absolute Gasteiger partial charge is 0.462 e. The molecule has 0 saturated carbocycles. The van der Waals surface area contributed by atoms with Gasteiger partial charge in [0.05, 0.1) is 25.2 Å². The Bertz CT molecular complexity index is 415. The molecule has 5 heteroatoms. The van der Waals surface area contributed by atoms with Gasteiger partial charge in [0.25, 0.3) is 0 Å². The van der Waals surface area contributed by atoms with E-state index in [9.17, 15) is 4.79 Å². The zero-order valence-electron chi connectivity index (χ0n) is 11.9.